The minimum atomic E-state index is 0.592. The summed E-state index contributed by atoms with van der Waals surface area (Å²) < 4.78 is 7.90. The number of nitrogens with one attached hydrogen (secondary N) is 2. The van der Waals surface area contributed by atoms with Crippen LogP contribution in [-0.2, 0) is 37.5 Å². The molecule has 0 amide bonds. The lowest BCUT2D eigenvalue weighted by Gasteiger charge is -2.13. The van der Waals surface area contributed by atoms with E-state index in [-0.39, 0.29) is 0 Å². The molecule has 0 aliphatic carbocycles. The van der Waals surface area contributed by atoms with Crippen LogP contribution in [0, 0.1) is 0 Å². The average molecular weight is 407 g/mol. The predicted octanol–water partition coefficient (Wildman–Crippen LogP) is 2.92. The van der Waals surface area contributed by atoms with E-state index < -0.39 is 0 Å². The summed E-state index contributed by atoms with van der Waals surface area (Å²) in [5, 5.41) is 14.8. The van der Waals surface area contributed by atoms with Gasteiger partial charge in [0.1, 0.15) is 12.2 Å². The molecule has 0 saturated heterocycles. The van der Waals surface area contributed by atoms with Crippen molar-refractivity contribution < 1.29 is 4.74 Å². The number of rotatable bonds is 10. The maximum atomic E-state index is 5.85. The maximum absolute atomic E-state index is 5.85. The van der Waals surface area contributed by atoms with Crippen LogP contribution < -0.4 is 10.6 Å². The lowest BCUT2D eigenvalue weighted by atomic mass is 10.1. The van der Waals surface area contributed by atoms with Crippen LogP contribution in [-0.4, -0.2) is 34.3 Å². The van der Waals surface area contributed by atoms with E-state index in [9.17, 15) is 0 Å². The van der Waals surface area contributed by atoms with Gasteiger partial charge in [0, 0.05) is 33.1 Å². The van der Waals surface area contributed by atoms with Crippen LogP contribution in [0.15, 0.2) is 65.9 Å². The second-order valence-electron chi connectivity index (χ2n) is 6.95. The zero-order valence-corrected chi connectivity index (χ0v) is 17.7. The van der Waals surface area contributed by atoms with Crippen LogP contribution in [0.2, 0.25) is 0 Å². The summed E-state index contributed by atoms with van der Waals surface area (Å²) in [5.74, 6) is 1.76. The number of nitrogens with zero attached hydrogens (tertiary/aromatic N) is 4. The largest absolute Gasteiger partial charge is 0.372 e. The lowest BCUT2D eigenvalue weighted by Crippen LogP contribution is -2.38. The van der Waals surface area contributed by atoms with Crippen LogP contribution in [0.25, 0.3) is 0 Å². The molecular formula is C23H30N6O. The summed E-state index contributed by atoms with van der Waals surface area (Å²) in [4.78, 5) is 4.30. The fraction of sp³-hybridized carbons (Fsp3) is 0.348. The molecule has 0 bridgehead atoms. The van der Waals surface area contributed by atoms with Crippen molar-refractivity contribution in [1.82, 2.24) is 25.4 Å². The molecule has 3 rings (SSSR count). The number of guanidine groups is 1. The minimum Gasteiger partial charge on any atom is -0.372 e. The maximum Gasteiger partial charge on any atom is 0.191 e. The number of benzene rings is 2. The first-order chi connectivity index (χ1) is 14.8. The Morgan fingerprint density at radius 2 is 1.77 bits per heavy atom. The van der Waals surface area contributed by atoms with Gasteiger partial charge in [-0.15, -0.1) is 10.2 Å². The van der Waals surface area contributed by atoms with E-state index >= 15 is 0 Å². The van der Waals surface area contributed by atoms with E-state index in [4.69, 9.17) is 4.74 Å². The Labute approximate surface area is 178 Å². The normalized spacial score (nSPS) is 11.5. The van der Waals surface area contributed by atoms with Crippen molar-refractivity contribution in [2.45, 2.75) is 39.6 Å². The first-order valence-corrected chi connectivity index (χ1v) is 10.3. The fourth-order valence-electron chi connectivity index (χ4n) is 3.13. The molecule has 0 radical (unpaired) electrons. The molecule has 0 spiro atoms. The highest BCUT2D eigenvalue weighted by Gasteiger charge is 2.03. The van der Waals surface area contributed by atoms with Gasteiger partial charge in [0.15, 0.2) is 5.96 Å². The van der Waals surface area contributed by atoms with Gasteiger partial charge >= 0.3 is 0 Å². The van der Waals surface area contributed by atoms with E-state index in [1.54, 1.807) is 13.4 Å². The predicted molar refractivity (Wildman–Crippen MR) is 119 cm³/mol. The molecule has 0 fully saturated rings. The molecule has 1 heterocycles. The van der Waals surface area contributed by atoms with E-state index in [1.165, 1.54) is 11.1 Å². The molecule has 0 aliphatic heterocycles. The molecule has 30 heavy (non-hydrogen) atoms. The summed E-state index contributed by atoms with van der Waals surface area (Å²) in [7, 11) is 1.78. The standard InChI is InChI=1S/C23H30N6O/c1-3-22-28-27-18-29(22)13-12-25-23(24-2)26-15-20-10-7-11-21(14-20)17-30-16-19-8-5-4-6-9-19/h4-11,14,18H,3,12-13,15-17H2,1-2H3,(H2,24,25,26). The number of aromatic nitrogens is 3. The average Bonchev–Trinajstić information content (AvgIpc) is 3.24. The Kier molecular flexibility index (Phi) is 8.41. The van der Waals surface area contributed by atoms with Crippen LogP contribution in [0.5, 0.6) is 0 Å². The van der Waals surface area contributed by atoms with Crippen molar-refractivity contribution in [3.8, 4) is 0 Å². The molecular weight excluding hydrogens is 376 g/mol. The van der Waals surface area contributed by atoms with Gasteiger partial charge in [-0.3, -0.25) is 4.99 Å². The first-order valence-electron chi connectivity index (χ1n) is 10.3. The molecule has 2 aromatic carbocycles. The third-order valence-electron chi connectivity index (χ3n) is 4.71. The molecule has 7 nitrogen and oxygen atoms in total. The second kappa shape index (κ2) is 11.7. The molecule has 1 aromatic heterocycles. The highest BCUT2D eigenvalue weighted by atomic mass is 16.5. The summed E-state index contributed by atoms with van der Waals surface area (Å²) in [5.41, 5.74) is 3.53. The van der Waals surface area contributed by atoms with Gasteiger partial charge in [0.25, 0.3) is 0 Å². The number of aryl methyl sites for hydroxylation is 1. The molecule has 0 unspecified atom stereocenters. The third kappa shape index (κ3) is 6.70. The van der Waals surface area contributed by atoms with Crippen molar-refractivity contribution in [3.05, 3.63) is 83.4 Å². The fourth-order valence-corrected chi connectivity index (χ4v) is 3.13. The van der Waals surface area contributed by atoms with Gasteiger partial charge in [0.05, 0.1) is 13.2 Å². The Balaban J connectivity index is 1.42. The van der Waals surface area contributed by atoms with Gasteiger partial charge in [-0.2, -0.15) is 0 Å². The molecule has 0 aliphatic rings. The molecule has 158 valence electrons. The van der Waals surface area contributed by atoms with Crippen molar-refractivity contribution in [2.24, 2.45) is 4.99 Å². The zero-order chi connectivity index (χ0) is 21.0. The second-order valence-corrected chi connectivity index (χ2v) is 6.95. The molecule has 2 N–H and O–H groups in total. The van der Waals surface area contributed by atoms with Crippen molar-refractivity contribution in [1.29, 1.82) is 0 Å². The van der Waals surface area contributed by atoms with Crippen LogP contribution in [0.3, 0.4) is 0 Å². The third-order valence-corrected chi connectivity index (χ3v) is 4.71. The molecule has 0 saturated carbocycles. The number of ether oxygens (including phenoxy) is 1. The monoisotopic (exact) mass is 406 g/mol. The first kappa shape index (κ1) is 21.5. The summed E-state index contributed by atoms with van der Waals surface area (Å²) in [6.45, 7) is 5.53. The van der Waals surface area contributed by atoms with Gasteiger partial charge < -0.3 is 19.9 Å². The quantitative estimate of drug-likeness (QED) is 0.400. The van der Waals surface area contributed by atoms with Crippen LogP contribution in [0.1, 0.15) is 29.4 Å². The SMILES string of the molecule is CCc1nncn1CCNC(=NC)NCc1cccc(COCc2ccccc2)c1. The van der Waals surface area contributed by atoms with Gasteiger partial charge in [-0.05, 0) is 16.7 Å². The molecule has 3 aromatic rings. The Morgan fingerprint density at radius 3 is 2.57 bits per heavy atom. The molecule has 0 atom stereocenters. The van der Waals surface area contributed by atoms with E-state index in [0.717, 1.165) is 36.9 Å². The summed E-state index contributed by atoms with van der Waals surface area (Å²) in [6.07, 6.45) is 2.64. The van der Waals surface area contributed by atoms with E-state index in [2.05, 4.69) is 73.7 Å². The Hall–Kier alpha value is -3.19. The number of aliphatic imine (C=N–C) groups is 1. The minimum absolute atomic E-state index is 0.592. The lowest BCUT2D eigenvalue weighted by molar-refractivity contribution is 0.107. The highest BCUT2D eigenvalue weighted by molar-refractivity contribution is 5.79. The van der Waals surface area contributed by atoms with Crippen molar-refractivity contribution >= 4 is 5.96 Å². The summed E-state index contributed by atoms with van der Waals surface area (Å²) in [6, 6.07) is 18.6. The molecule has 7 heteroatoms. The Bertz CT molecular complexity index is 922. The van der Waals surface area contributed by atoms with Crippen LogP contribution in [0.4, 0.5) is 0 Å². The topological polar surface area (TPSA) is 76.4 Å². The summed E-state index contributed by atoms with van der Waals surface area (Å²) >= 11 is 0. The van der Waals surface area contributed by atoms with E-state index in [1.807, 2.05) is 18.2 Å². The van der Waals surface area contributed by atoms with E-state index in [0.29, 0.717) is 19.8 Å². The highest BCUT2D eigenvalue weighted by Crippen LogP contribution is 2.09. The van der Waals surface area contributed by atoms with Crippen molar-refractivity contribution in [3.63, 3.8) is 0 Å². The van der Waals surface area contributed by atoms with Gasteiger partial charge in [-0.25, -0.2) is 0 Å². The van der Waals surface area contributed by atoms with Gasteiger partial charge in [-0.1, -0.05) is 61.5 Å². The smallest absolute Gasteiger partial charge is 0.191 e. The number of hydrogen-bond acceptors (Lipinski definition) is 4. The van der Waals surface area contributed by atoms with Crippen molar-refractivity contribution in [2.75, 3.05) is 13.6 Å². The van der Waals surface area contributed by atoms with Crippen LogP contribution >= 0.6 is 0 Å². The van der Waals surface area contributed by atoms with Gasteiger partial charge in [0.2, 0.25) is 0 Å². The number of hydrogen-bond donors (Lipinski definition) is 2. The Morgan fingerprint density at radius 1 is 1.00 bits per heavy atom. The zero-order valence-electron chi connectivity index (χ0n) is 17.7.